The molecule has 3 heteroatoms. The molecule has 1 aromatic carbocycles. The monoisotopic (exact) mass is 262 g/mol. The molecule has 2 rings (SSSR count). The fourth-order valence-electron chi connectivity index (χ4n) is 2.93. The van der Waals surface area contributed by atoms with E-state index in [-0.39, 0.29) is 0 Å². The largest absolute Gasteiger partial charge is 0.384 e. The van der Waals surface area contributed by atoms with Gasteiger partial charge in [-0.25, -0.2) is 0 Å². The SMILES string of the molecule is CN(CC1CCCCN1)CC(C)(O)c1ccccc1. The maximum Gasteiger partial charge on any atom is 0.0994 e. The number of rotatable bonds is 5. The van der Waals surface area contributed by atoms with Crippen molar-refractivity contribution in [1.82, 2.24) is 10.2 Å². The normalized spacial score (nSPS) is 23.3. The summed E-state index contributed by atoms with van der Waals surface area (Å²) in [6.45, 7) is 4.69. The second kappa shape index (κ2) is 6.51. The summed E-state index contributed by atoms with van der Waals surface area (Å²) in [5, 5.41) is 14.2. The first kappa shape index (κ1) is 14.5. The number of hydrogen-bond donors (Lipinski definition) is 2. The maximum atomic E-state index is 10.6. The van der Waals surface area contributed by atoms with E-state index in [2.05, 4.69) is 17.3 Å². The molecule has 1 fully saturated rings. The van der Waals surface area contributed by atoms with Crippen molar-refractivity contribution in [1.29, 1.82) is 0 Å². The van der Waals surface area contributed by atoms with Gasteiger partial charge in [-0.1, -0.05) is 36.8 Å². The van der Waals surface area contributed by atoms with E-state index >= 15 is 0 Å². The molecule has 0 saturated carbocycles. The van der Waals surface area contributed by atoms with Gasteiger partial charge in [-0.15, -0.1) is 0 Å². The topological polar surface area (TPSA) is 35.5 Å². The molecule has 0 aliphatic carbocycles. The average Bonchev–Trinajstić information content (AvgIpc) is 2.40. The molecule has 19 heavy (non-hydrogen) atoms. The number of hydrogen-bond acceptors (Lipinski definition) is 3. The van der Waals surface area contributed by atoms with Gasteiger partial charge in [0.05, 0.1) is 5.60 Å². The van der Waals surface area contributed by atoms with Gasteiger partial charge < -0.3 is 15.3 Å². The van der Waals surface area contributed by atoms with E-state index in [0.717, 1.165) is 18.7 Å². The van der Waals surface area contributed by atoms with Gasteiger partial charge in [0, 0.05) is 19.1 Å². The number of aliphatic hydroxyl groups is 1. The molecule has 0 bridgehead atoms. The molecule has 1 heterocycles. The van der Waals surface area contributed by atoms with E-state index in [0.29, 0.717) is 12.6 Å². The molecule has 106 valence electrons. The first-order valence-electron chi connectivity index (χ1n) is 7.28. The zero-order chi connectivity index (χ0) is 13.7. The quantitative estimate of drug-likeness (QED) is 0.851. The number of nitrogens with zero attached hydrogens (tertiary/aromatic N) is 1. The third-order valence-corrected chi connectivity index (χ3v) is 3.92. The van der Waals surface area contributed by atoms with Crippen LogP contribution < -0.4 is 5.32 Å². The summed E-state index contributed by atoms with van der Waals surface area (Å²) in [5.41, 5.74) is 0.198. The molecule has 2 unspecified atom stereocenters. The molecule has 0 radical (unpaired) electrons. The molecule has 2 atom stereocenters. The molecule has 1 saturated heterocycles. The molecular weight excluding hydrogens is 236 g/mol. The minimum Gasteiger partial charge on any atom is -0.384 e. The van der Waals surface area contributed by atoms with Crippen LogP contribution in [0.5, 0.6) is 0 Å². The van der Waals surface area contributed by atoms with E-state index in [1.54, 1.807) is 0 Å². The molecule has 0 aromatic heterocycles. The number of benzene rings is 1. The lowest BCUT2D eigenvalue weighted by molar-refractivity contribution is 0.0204. The van der Waals surface area contributed by atoms with Crippen molar-refractivity contribution in [3.05, 3.63) is 35.9 Å². The van der Waals surface area contributed by atoms with Gasteiger partial charge in [0.1, 0.15) is 0 Å². The highest BCUT2D eigenvalue weighted by Crippen LogP contribution is 2.21. The van der Waals surface area contributed by atoms with Crippen LogP contribution in [-0.2, 0) is 5.60 Å². The second-order valence-corrected chi connectivity index (χ2v) is 5.98. The predicted molar refractivity (Wildman–Crippen MR) is 79.2 cm³/mol. The molecule has 3 nitrogen and oxygen atoms in total. The van der Waals surface area contributed by atoms with Crippen LogP contribution in [0.15, 0.2) is 30.3 Å². The summed E-state index contributed by atoms with van der Waals surface area (Å²) in [5.74, 6) is 0. The maximum absolute atomic E-state index is 10.6. The van der Waals surface area contributed by atoms with Crippen molar-refractivity contribution in [2.75, 3.05) is 26.7 Å². The Hall–Kier alpha value is -0.900. The molecule has 2 N–H and O–H groups in total. The number of likely N-dealkylation sites (N-methyl/N-ethyl adjacent to an activating group) is 1. The van der Waals surface area contributed by atoms with Crippen molar-refractivity contribution < 1.29 is 5.11 Å². The third kappa shape index (κ3) is 4.30. The zero-order valence-electron chi connectivity index (χ0n) is 12.1. The first-order valence-corrected chi connectivity index (χ1v) is 7.28. The number of nitrogens with one attached hydrogen (secondary N) is 1. The summed E-state index contributed by atoms with van der Waals surface area (Å²) in [7, 11) is 2.09. The second-order valence-electron chi connectivity index (χ2n) is 5.98. The third-order valence-electron chi connectivity index (χ3n) is 3.92. The standard InChI is InChI=1S/C16H26N2O/c1-16(19,14-8-4-3-5-9-14)13-18(2)12-15-10-6-7-11-17-15/h3-5,8-9,15,17,19H,6-7,10-13H2,1-2H3. The molecular formula is C16H26N2O. The van der Waals surface area contributed by atoms with Crippen LogP contribution in [0.3, 0.4) is 0 Å². The van der Waals surface area contributed by atoms with Crippen LogP contribution in [0.25, 0.3) is 0 Å². The Bertz CT molecular complexity index is 372. The van der Waals surface area contributed by atoms with Crippen LogP contribution in [0.1, 0.15) is 31.7 Å². The highest BCUT2D eigenvalue weighted by molar-refractivity contribution is 5.21. The Balaban J connectivity index is 1.88. The average molecular weight is 262 g/mol. The summed E-state index contributed by atoms with van der Waals surface area (Å²) >= 11 is 0. The lowest BCUT2D eigenvalue weighted by Gasteiger charge is -2.33. The van der Waals surface area contributed by atoms with Crippen LogP contribution in [0.4, 0.5) is 0 Å². The van der Waals surface area contributed by atoms with Crippen molar-refractivity contribution in [2.24, 2.45) is 0 Å². The summed E-state index contributed by atoms with van der Waals surface area (Å²) in [6.07, 6.45) is 3.86. The Morgan fingerprint density at radius 3 is 2.68 bits per heavy atom. The van der Waals surface area contributed by atoms with Gasteiger partial charge in [-0.3, -0.25) is 0 Å². The van der Waals surface area contributed by atoms with Crippen LogP contribution in [0.2, 0.25) is 0 Å². The molecule has 0 amide bonds. The Morgan fingerprint density at radius 2 is 2.05 bits per heavy atom. The van der Waals surface area contributed by atoms with Gasteiger partial charge in [0.2, 0.25) is 0 Å². The van der Waals surface area contributed by atoms with E-state index in [4.69, 9.17) is 0 Å². The van der Waals surface area contributed by atoms with Gasteiger partial charge in [0.25, 0.3) is 0 Å². The van der Waals surface area contributed by atoms with Crippen molar-refractivity contribution >= 4 is 0 Å². The van der Waals surface area contributed by atoms with Gasteiger partial charge in [0.15, 0.2) is 0 Å². The number of piperidine rings is 1. The minimum atomic E-state index is -0.787. The molecule has 0 spiro atoms. The summed E-state index contributed by atoms with van der Waals surface area (Å²) < 4.78 is 0. The van der Waals surface area contributed by atoms with Crippen LogP contribution >= 0.6 is 0 Å². The lowest BCUT2D eigenvalue weighted by atomic mass is 9.95. The van der Waals surface area contributed by atoms with E-state index in [9.17, 15) is 5.11 Å². The lowest BCUT2D eigenvalue weighted by Crippen LogP contribution is -2.46. The zero-order valence-corrected chi connectivity index (χ0v) is 12.1. The fraction of sp³-hybridized carbons (Fsp3) is 0.625. The highest BCUT2D eigenvalue weighted by atomic mass is 16.3. The van der Waals surface area contributed by atoms with E-state index in [1.165, 1.54) is 19.3 Å². The Morgan fingerprint density at radius 1 is 1.32 bits per heavy atom. The van der Waals surface area contributed by atoms with Gasteiger partial charge >= 0.3 is 0 Å². The van der Waals surface area contributed by atoms with Gasteiger partial charge in [-0.05, 0) is 38.9 Å². The summed E-state index contributed by atoms with van der Waals surface area (Å²) in [4.78, 5) is 2.23. The summed E-state index contributed by atoms with van der Waals surface area (Å²) in [6, 6.07) is 10.5. The van der Waals surface area contributed by atoms with E-state index < -0.39 is 5.60 Å². The Kier molecular flexibility index (Phi) is 4.97. The van der Waals surface area contributed by atoms with Crippen molar-refractivity contribution in [2.45, 2.75) is 37.8 Å². The Labute approximate surface area is 116 Å². The van der Waals surface area contributed by atoms with Crippen molar-refractivity contribution in [3.63, 3.8) is 0 Å². The minimum absolute atomic E-state index is 0.574. The van der Waals surface area contributed by atoms with E-state index in [1.807, 2.05) is 37.3 Å². The smallest absolute Gasteiger partial charge is 0.0994 e. The fourth-order valence-corrected chi connectivity index (χ4v) is 2.93. The molecule has 1 aliphatic rings. The highest BCUT2D eigenvalue weighted by Gasteiger charge is 2.26. The predicted octanol–water partition coefficient (Wildman–Crippen LogP) is 1.97. The van der Waals surface area contributed by atoms with Crippen LogP contribution in [0, 0.1) is 0 Å². The van der Waals surface area contributed by atoms with Gasteiger partial charge in [-0.2, -0.15) is 0 Å². The van der Waals surface area contributed by atoms with Crippen molar-refractivity contribution in [3.8, 4) is 0 Å². The first-order chi connectivity index (χ1) is 9.08. The van der Waals surface area contributed by atoms with Crippen LogP contribution in [-0.4, -0.2) is 42.7 Å². The molecule has 1 aromatic rings. The molecule has 1 aliphatic heterocycles.